The first-order chi connectivity index (χ1) is 11.8. The van der Waals surface area contributed by atoms with Crippen molar-refractivity contribution in [3.63, 3.8) is 0 Å². The van der Waals surface area contributed by atoms with Crippen LogP contribution >= 0.6 is 11.3 Å². The zero-order valence-electron chi connectivity index (χ0n) is 13.3. The summed E-state index contributed by atoms with van der Waals surface area (Å²) in [6, 6.07) is 11.5. The van der Waals surface area contributed by atoms with Crippen LogP contribution in [-0.4, -0.2) is 19.3 Å². The Morgan fingerprint density at radius 3 is 2.48 bits per heavy atom. The summed E-state index contributed by atoms with van der Waals surface area (Å²) in [6.45, 7) is 1.73. The highest BCUT2D eigenvalue weighted by atomic mass is 32.2. The van der Waals surface area contributed by atoms with Gasteiger partial charge in [-0.25, -0.2) is 18.5 Å². The average Bonchev–Trinajstić information content (AvgIpc) is 3.09. The van der Waals surface area contributed by atoms with Gasteiger partial charge in [0, 0.05) is 28.4 Å². The fourth-order valence-electron chi connectivity index (χ4n) is 2.28. The van der Waals surface area contributed by atoms with E-state index in [-0.39, 0.29) is 10.5 Å². The van der Waals surface area contributed by atoms with E-state index in [1.54, 1.807) is 31.3 Å². The lowest BCUT2D eigenvalue weighted by Crippen LogP contribution is -2.17. The molecule has 3 rings (SSSR count). The Bertz CT molecular complexity index is 1010. The molecule has 0 spiro atoms. The van der Waals surface area contributed by atoms with Crippen LogP contribution in [0, 0.1) is 6.92 Å². The number of sulfonamides is 1. The predicted molar refractivity (Wildman–Crippen MR) is 98.1 cm³/mol. The molecule has 6 nitrogen and oxygen atoms in total. The Kier molecular flexibility index (Phi) is 4.67. The zero-order chi connectivity index (χ0) is 18.0. The Balaban J connectivity index is 1.83. The topological polar surface area (TPSA) is 102 Å². The van der Waals surface area contributed by atoms with E-state index in [1.165, 1.54) is 23.5 Å². The van der Waals surface area contributed by atoms with Crippen molar-refractivity contribution in [1.82, 2.24) is 4.98 Å². The first kappa shape index (κ1) is 17.3. The van der Waals surface area contributed by atoms with Crippen molar-refractivity contribution >= 4 is 33.0 Å². The minimum atomic E-state index is -3.86. The van der Waals surface area contributed by atoms with Crippen LogP contribution in [0.15, 0.2) is 58.9 Å². The van der Waals surface area contributed by atoms with Gasteiger partial charge in [0.25, 0.3) is 5.91 Å². The smallest absolute Gasteiger partial charge is 0.255 e. The number of hydrogen-bond donors (Lipinski definition) is 2. The van der Waals surface area contributed by atoms with Crippen molar-refractivity contribution in [2.75, 3.05) is 5.32 Å². The largest absolute Gasteiger partial charge is 0.322 e. The Morgan fingerprint density at radius 1 is 1.16 bits per heavy atom. The molecule has 0 atom stereocenters. The summed E-state index contributed by atoms with van der Waals surface area (Å²) in [5.41, 5.74) is 2.48. The second kappa shape index (κ2) is 6.75. The number of anilines is 1. The van der Waals surface area contributed by atoms with Crippen molar-refractivity contribution in [3.05, 3.63) is 65.2 Å². The molecule has 1 amide bonds. The second-order valence-corrected chi connectivity index (χ2v) is 7.85. The van der Waals surface area contributed by atoms with Gasteiger partial charge in [0.15, 0.2) is 0 Å². The molecule has 2 aromatic carbocycles. The number of nitrogens with zero attached hydrogens (tertiary/aromatic N) is 1. The molecule has 3 N–H and O–H groups in total. The minimum Gasteiger partial charge on any atom is -0.322 e. The Labute approximate surface area is 149 Å². The van der Waals surface area contributed by atoms with Crippen LogP contribution < -0.4 is 10.5 Å². The summed E-state index contributed by atoms with van der Waals surface area (Å²) in [7, 11) is -3.86. The van der Waals surface area contributed by atoms with Gasteiger partial charge >= 0.3 is 0 Å². The maximum Gasteiger partial charge on any atom is 0.255 e. The molecule has 0 unspecified atom stereocenters. The van der Waals surface area contributed by atoms with E-state index >= 15 is 0 Å². The number of rotatable bonds is 4. The zero-order valence-corrected chi connectivity index (χ0v) is 14.9. The highest BCUT2D eigenvalue weighted by Gasteiger charge is 2.15. The first-order valence-electron chi connectivity index (χ1n) is 7.29. The van der Waals surface area contributed by atoms with E-state index in [1.807, 2.05) is 17.5 Å². The number of hydrogen-bond acceptors (Lipinski definition) is 5. The van der Waals surface area contributed by atoms with Crippen LogP contribution in [0.5, 0.6) is 0 Å². The number of primary sulfonamides is 1. The third kappa shape index (κ3) is 3.93. The van der Waals surface area contributed by atoms with Crippen LogP contribution in [0.1, 0.15) is 15.9 Å². The quantitative estimate of drug-likeness (QED) is 0.734. The maximum atomic E-state index is 12.5. The molecule has 8 heteroatoms. The summed E-state index contributed by atoms with van der Waals surface area (Å²) < 4.78 is 22.9. The first-order valence-corrected chi connectivity index (χ1v) is 9.72. The third-order valence-electron chi connectivity index (χ3n) is 3.60. The standard InChI is InChI=1S/C17H15N3O3S2/c1-11-2-7-14(25(18,22)23)10-15(11)16(21)20-13-5-3-12(4-6-13)17-19-8-9-24-17/h2-10H,1H3,(H,20,21)(H2,18,22,23). The molecule has 0 saturated heterocycles. The molecular weight excluding hydrogens is 358 g/mol. The van der Waals surface area contributed by atoms with Gasteiger partial charge in [0.05, 0.1) is 4.90 Å². The summed E-state index contributed by atoms with van der Waals surface area (Å²) in [5.74, 6) is -0.398. The molecule has 1 heterocycles. The van der Waals surface area contributed by atoms with E-state index in [2.05, 4.69) is 10.3 Å². The Morgan fingerprint density at radius 2 is 1.88 bits per heavy atom. The summed E-state index contributed by atoms with van der Waals surface area (Å²) in [5, 5.41) is 10.7. The third-order valence-corrected chi connectivity index (χ3v) is 5.34. The van der Waals surface area contributed by atoms with Crippen LogP contribution in [-0.2, 0) is 10.0 Å². The van der Waals surface area contributed by atoms with Crippen molar-refractivity contribution in [1.29, 1.82) is 0 Å². The normalized spacial score (nSPS) is 11.3. The van der Waals surface area contributed by atoms with Gasteiger partial charge < -0.3 is 5.32 Å². The summed E-state index contributed by atoms with van der Waals surface area (Å²) in [4.78, 5) is 16.6. The lowest BCUT2D eigenvalue weighted by molar-refractivity contribution is 0.102. The molecule has 0 aliphatic carbocycles. The molecule has 0 bridgehead atoms. The fourth-order valence-corrected chi connectivity index (χ4v) is 3.47. The van der Waals surface area contributed by atoms with Gasteiger partial charge in [-0.15, -0.1) is 11.3 Å². The SMILES string of the molecule is Cc1ccc(S(N)(=O)=O)cc1C(=O)Nc1ccc(-c2nccs2)cc1. The number of nitrogens with one attached hydrogen (secondary N) is 1. The molecule has 128 valence electrons. The van der Waals surface area contributed by atoms with Gasteiger partial charge in [0.2, 0.25) is 10.0 Å². The van der Waals surface area contributed by atoms with Crippen LogP contribution in [0.4, 0.5) is 5.69 Å². The molecule has 0 fully saturated rings. The summed E-state index contributed by atoms with van der Waals surface area (Å²) in [6.07, 6.45) is 1.73. The molecular formula is C17H15N3O3S2. The van der Waals surface area contributed by atoms with Crippen molar-refractivity contribution < 1.29 is 13.2 Å². The predicted octanol–water partition coefficient (Wildman–Crippen LogP) is 3.02. The average molecular weight is 373 g/mol. The highest BCUT2D eigenvalue weighted by Crippen LogP contribution is 2.24. The molecule has 0 aliphatic heterocycles. The number of carbonyl (C=O) groups is 1. The monoisotopic (exact) mass is 373 g/mol. The van der Waals surface area contributed by atoms with E-state index in [0.29, 0.717) is 11.3 Å². The molecule has 25 heavy (non-hydrogen) atoms. The number of aryl methyl sites for hydroxylation is 1. The summed E-state index contributed by atoms with van der Waals surface area (Å²) >= 11 is 1.53. The van der Waals surface area contributed by atoms with E-state index < -0.39 is 15.9 Å². The molecule has 0 radical (unpaired) electrons. The van der Waals surface area contributed by atoms with E-state index in [4.69, 9.17) is 5.14 Å². The van der Waals surface area contributed by atoms with E-state index in [0.717, 1.165) is 10.6 Å². The number of benzene rings is 2. The lowest BCUT2D eigenvalue weighted by atomic mass is 10.1. The molecule has 0 aliphatic rings. The number of carbonyl (C=O) groups excluding carboxylic acids is 1. The number of nitrogens with two attached hydrogens (primary N) is 1. The number of thiazole rings is 1. The van der Waals surface area contributed by atoms with Gasteiger partial charge in [-0.1, -0.05) is 6.07 Å². The van der Waals surface area contributed by atoms with Crippen LogP contribution in [0.3, 0.4) is 0 Å². The fraction of sp³-hybridized carbons (Fsp3) is 0.0588. The maximum absolute atomic E-state index is 12.5. The van der Waals surface area contributed by atoms with Crippen molar-refractivity contribution in [3.8, 4) is 10.6 Å². The van der Waals surface area contributed by atoms with Gasteiger partial charge in [-0.05, 0) is 48.9 Å². The van der Waals surface area contributed by atoms with E-state index in [9.17, 15) is 13.2 Å². The lowest BCUT2D eigenvalue weighted by Gasteiger charge is -2.09. The van der Waals surface area contributed by atoms with Crippen LogP contribution in [0.25, 0.3) is 10.6 Å². The highest BCUT2D eigenvalue weighted by molar-refractivity contribution is 7.89. The van der Waals surface area contributed by atoms with Gasteiger partial charge in [-0.2, -0.15) is 0 Å². The molecule has 1 aromatic heterocycles. The van der Waals surface area contributed by atoms with Crippen molar-refractivity contribution in [2.24, 2.45) is 5.14 Å². The van der Waals surface area contributed by atoms with Gasteiger partial charge in [0.1, 0.15) is 5.01 Å². The Hall–Kier alpha value is -2.55. The molecule has 0 saturated carbocycles. The number of amides is 1. The van der Waals surface area contributed by atoms with Gasteiger partial charge in [-0.3, -0.25) is 4.79 Å². The molecule has 3 aromatic rings. The minimum absolute atomic E-state index is 0.0950. The van der Waals surface area contributed by atoms with Crippen LogP contribution in [0.2, 0.25) is 0 Å². The van der Waals surface area contributed by atoms with Crippen molar-refractivity contribution in [2.45, 2.75) is 11.8 Å². The number of aromatic nitrogens is 1. The second-order valence-electron chi connectivity index (χ2n) is 5.39.